The molecule has 1 amide bonds. The monoisotopic (exact) mass is 606 g/mol. The van der Waals surface area contributed by atoms with E-state index in [1.807, 2.05) is 28.8 Å². The van der Waals surface area contributed by atoms with Gasteiger partial charge in [-0.05, 0) is 59.3 Å². The molecule has 0 saturated heterocycles. The molecular formula is C22H21IN7O4S-. The summed E-state index contributed by atoms with van der Waals surface area (Å²) in [5, 5.41) is 38.2. The van der Waals surface area contributed by atoms with Crippen molar-refractivity contribution >= 4 is 57.8 Å². The molecule has 1 aromatic heterocycles. The molecule has 35 heavy (non-hydrogen) atoms. The van der Waals surface area contributed by atoms with E-state index < -0.39 is 21.8 Å². The van der Waals surface area contributed by atoms with Crippen LogP contribution in [0.2, 0.25) is 0 Å². The lowest BCUT2D eigenvalue weighted by Crippen LogP contribution is -2.27. The summed E-state index contributed by atoms with van der Waals surface area (Å²) in [7, 11) is 0. The second kappa shape index (κ2) is 12.3. The van der Waals surface area contributed by atoms with Gasteiger partial charge in [0.1, 0.15) is 0 Å². The number of nitro groups is 1. The van der Waals surface area contributed by atoms with E-state index in [1.54, 1.807) is 13.0 Å². The molecule has 0 aliphatic heterocycles. The van der Waals surface area contributed by atoms with Crippen LogP contribution in [0.3, 0.4) is 0 Å². The second-order valence-electron chi connectivity index (χ2n) is 7.13. The molecule has 3 aromatic rings. The molecule has 0 saturated carbocycles. The number of aromatic nitrogens is 3. The summed E-state index contributed by atoms with van der Waals surface area (Å²) in [6.45, 7) is 6.36. The quantitative estimate of drug-likeness (QED) is 0.0844. The maximum absolute atomic E-state index is 12.5. The number of hydrazone groups is 1. The molecule has 2 aromatic carbocycles. The van der Waals surface area contributed by atoms with Crippen LogP contribution in [0, 0.1) is 13.7 Å². The molecule has 0 radical (unpaired) electrons. The lowest BCUT2D eigenvalue weighted by molar-refractivity contribution is -0.385. The molecule has 0 bridgehead atoms. The van der Waals surface area contributed by atoms with Crippen molar-refractivity contribution in [2.75, 3.05) is 5.32 Å². The molecule has 2 N–H and O–H groups in total. The maximum Gasteiger partial charge on any atom is 0.270 e. The molecule has 13 heteroatoms. The number of thioether (sulfide) groups is 1. The van der Waals surface area contributed by atoms with Gasteiger partial charge < -0.3 is 15.0 Å². The van der Waals surface area contributed by atoms with Gasteiger partial charge in [-0.3, -0.25) is 14.9 Å². The molecule has 0 spiro atoms. The third kappa shape index (κ3) is 7.26. The third-order valence-corrected chi connectivity index (χ3v) is 6.43. The van der Waals surface area contributed by atoms with Crippen molar-refractivity contribution in [1.82, 2.24) is 20.2 Å². The normalized spacial score (nSPS) is 11.8. The van der Waals surface area contributed by atoms with Crippen molar-refractivity contribution in [3.8, 4) is 5.75 Å². The van der Waals surface area contributed by atoms with E-state index in [0.29, 0.717) is 24.1 Å². The topological polar surface area (TPSA) is 150 Å². The number of nitro benzene ring substituents is 1. The van der Waals surface area contributed by atoms with Gasteiger partial charge in [0.05, 0.1) is 22.9 Å². The van der Waals surface area contributed by atoms with Crippen LogP contribution in [-0.4, -0.2) is 37.1 Å². The number of allylic oxidation sites excluding steroid dienone is 1. The summed E-state index contributed by atoms with van der Waals surface area (Å²) in [6.07, 6.45) is 2.80. The number of nitrogens with one attached hydrogen (secondary N) is 2. The van der Waals surface area contributed by atoms with Crippen LogP contribution in [0.25, 0.3) is 0 Å². The summed E-state index contributed by atoms with van der Waals surface area (Å²) in [5.74, 6) is -0.194. The first kappa shape index (κ1) is 26.2. The fourth-order valence-corrected chi connectivity index (χ4v) is 4.05. The Morgan fingerprint density at radius 1 is 1.31 bits per heavy atom. The summed E-state index contributed by atoms with van der Waals surface area (Å²) in [5.41, 5.74) is 3.05. The minimum absolute atomic E-state index is 0.00389. The number of anilines is 1. The molecule has 182 valence electrons. The van der Waals surface area contributed by atoms with Gasteiger partial charge in [-0.1, -0.05) is 29.7 Å². The van der Waals surface area contributed by atoms with Crippen LogP contribution in [0.5, 0.6) is 5.75 Å². The van der Waals surface area contributed by atoms with Crippen LogP contribution in [0.4, 0.5) is 11.4 Å². The highest BCUT2D eigenvalue weighted by atomic mass is 127. The smallest absolute Gasteiger partial charge is 0.270 e. The minimum atomic E-state index is -0.613. The Morgan fingerprint density at radius 2 is 2.06 bits per heavy atom. The zero-order valence-electron chi connectivity index (χ0n) is 18.6. The van der Waals surface area contributed by atoms with Crippen molar-refractivity contribution in [3.05, 3.63) is 80.2 Å². The van der Waals surface area contributed by atoms with Crippen molar-refractivity contribution in [2.45, 2.75) is 30.4 Å². The average Bonchev–Trinajstić information content (AvgIpc) is 3.20. The molecule has 0 unspecified atom stereocenters. The molecule has 0 aliphatic carbocycles. The van der Waals surface area contributed by atoms with Crippen molar-refractivity contribution in [3.63, 3.8) is 0 Å². The lowest BCUT2D eigenvalue weighted by atomic mass is 10.2. The number of nitrogens with zero attached hydrogens (tertiary/aromatic N) is 5. The Balaban J connectivity index is 1.62. The highest BCUT2D eigenvalue weighted by Gasteiger charge is 2.19. The predicted molar refractivity (Wildman–Crippen MR) is 140 cm³/mol. The van der Waals surface area contributed by atoms with E-state index in [4.69, 9.17) is 0 Å². The molecule has 0 aliphatic rings. The lowest BCUT2D eigenvalue weighted by Gasteiger charge is -2.12. The van der Waals surface area contributed by atoms with E-state index in [-0.39, 0.29) is 11.3 Å². The van der Waals surface area contributed by atoms with E-state index in [2.05, 4.69) is 55.2 Å². The molecule has 3 rings (SSSR count). The number of hydrogen-bond donors (Lipinski definition) is 2. The van der Waals surface area contributed by atoms with E-state index in [9.17, 15) is 20.0 Å². The number of rotatable bonds is 11. The van der Waals surface area contributed by atoms with Gasteiger partial charge in [0.15, 0.2) is 11.0 Å². The molecular weight excluding hydrogens is 585 g/mol. The predicted octanol–water partition coefficient (Wildman–Crippen LogP) is 3.29. The largest absolute Gasteiger partial charge is 0.872 e. The number of halogens is 1. The maximum atomic E-state index is 12.5. The summed E-state index contributed by atoms with van der Waals surface area (Å²) in [4.78, 5) is 22.7. The Labute approximate surface area is 219 Å². The zero-order valence-corrected chi connectivity index (χ0v) is 21.5. The number of carbonyl (C=O) groups is 1. The van der Waals surface area contributed by atoms with Crippen LogP contribution in [0.1, 0.15) is 18.3 Å². The van der Waals surface area contributed by atoms with Crippen LogP contribution < -0.4 is 15.8 Å². The van der Waals surface area contributed by atoms with Gasteiger partial charge in [0.2, 0.25) is 0 Å². The van der Waals surface area contributed by atoms with E-state index in [1.165, 1.54) is 11.8 Å². The van der Waals surface area contributed by atoms with Crippen LogP contribution >= 0.6 is 34.4 Å². The van der Waals surface area contributed by atoms with Gasteiger partial charge in [-0.15, -0.1) is 16.8 Å². The minimum Gasteiger partial charge on any atom is -0.872 e. The van der Waals surface area contributed by atoms with Gasteiger partial charge >= 0.3 is 0 Å². The Hall–Kier alpha value is -3.46. The average molecular weight is 606 g/mol. The first-order chi connectivity index (χ1) is 16.8. The second-order valence-corrected chi connectivity index (χ2v) is 9.69. The van der Waals surface area contributed by atoms with Gasteiger partial charge in [-0.2, -0.15) is 5.10 Å². The highest BCUT2D eigenvalue weighted by molar-refractivity contribution is 14.1. The molecule has 1 heterocycles. The standard InChI is InChI=1S/C22H22IN7O4S/c1-3-10-29-20(13-24-17-6-4-16(23)5-7-17)26-28-22(29)35-14(2)21(32)27-25-12-15-11-18(30(33)34)8-9-19(15)31/h3-9,11-12,14,24,31H,1,10,13H2,2H3,(H,27,32)/p-1/b25-12-/t14-/m0/s1. The summed E-state index contributed by atoms with van der Waals surface area (Å²) < 4.78 is 2.99. The third-order valence-electron chi connectivity index (χ3n) is 4.63. The highest BCUT2D eigenvalue weighted by Crippen LogP contribution is 2.23. The molecule has 11 nitrogen and oxygen atoms in total. The summed E-state index contributed by atoms with van der Waals surface area (Å²) in [6, 6.07) is 11.2. The number of non-ortho nitro benzene ring substituents is 1. The fourth-order valence-electron chi connectivity index (χ4n) is 2.82. The first-order valence-electron chi connectivity index (χ1n) is 10.3. The number of hydrogen-bond acceptors (Lipinski definition) is 9. The Bertz CT molecular complexity index is 1250. The van der Waals surface area contributed by atoms with Crippen LogP contribution in [-0.2, 0) is 17.9 Å². The SMILES string of the molecule is C=CCn1c(CNc2ccc(I)cc2)nnc1S[C@@H](C)C(=O)N/N=C\c1cc([N+](=O)[O-])ccc1[O-]. The Morgan fingerprint density at radius 3 is 2.74 bits per heavy atom. The van der Waals surface area contributed by atoms with Gasteiger partial charge in [-0.25, -0.2) is 5.43 Å². The van der Waals surface area contributed by atoms with Crippen molar-refractivity contribution in [2.24, 2.45) is 5.10 Å². The van der Waals surface area contributed by atoms with E-state index in [0.717, 1.165) is 33.7 Å². The van der Waals surface area contributed by atoms with Gasteiger partial charge in [0.25, 0.3) is 11.6 Å². The zero-order chi connectivity index (χ0) is 25.4. The van der Waals surface area contributed by atoms with Crippen LogP contribution in [0.15, 0.2) is 65.4 Å². The molecule has 1 atom stereocenters. The number of benzene rings is 2. The van der Waals surface area contributed by atoms with Gasteiger partial charge in [0, 0.05) is 27.9 Å². The number of carbonyl (C=O) groups excluding carboxylic acids is 1. The number of amides is 1. The summed E-state index contributed by atoms with van der Waals surface area (Å²) >= 11 is 3.43. The Kier molecular flexibility index (Phi) is 9.19. The van der Waals surface area contributed by atoms with Crippen molar-refractivity contribution in [1.29, 1.82) is 0 Å². The van der Waals surface area contributed by atoms with Crippen molar-refractivity contribution < 1.29 is 14.8 Å². The molecule has 0 fully saturated rings. The van der Waals surface area contributed by atoms with E-state index >= 15 is 0 Å². The fraction of sp³-hybridized carbons (Fsp3) is 0.182. The first-order valence-corrected chi connectivity index (χ1v) is 12.2.